The summed E-state index contributed by atoms with van der Waals surface area (Å²) >= 11 is 1.61. The Bertz CT molecular complexity index is 803. The summed E-state index contributed by atoms with van der Waals surface area (Å²) in [4.78, 5) is 4.40. The standard InChI is InChI=1S/C14H11N5S/c1-9-17-10(8-20-9)7-16-14-11-4-2-3-5-12(11)18-19-13(14)6-15/h2-5,8H,7H2,1H3,(H,16,18). The number of hydrogen-bond donors (Lipinski definition) is 1. The third kappa shape index (κ3) is 2.31. The van der Waals surface area contributed by atoms with Crippen molar-refractivity contribution in [2.24, 2.45) is 0 Å². The van der Waals surface area contributed by atoms with E-state index in [0.717, 1.165) is 21.6 Å². The topological polar surface area (TPSA) is 74.5 Å². The van der Waals surface area contributed by atoms with Crippen molar-refractivity contribution in [1.82, 2.24) is 15.2 Å². The molecular formula is C14H11N5S. The molecule has 1 aromatic carbocycles. The fourth-order valence-corrected chi connectivity index (χ4v) is 2.59. The van der Waals surface area contributed by atoms with Crippen LogP contribution >= 0.6 is 11.3 Å². The van der Waals surface area contributed by atoms with Gasteiger partial charge in [0.25, 0.3) is 0 Å². The van der Waals surface area contributed by atoms with E-state index in [1.54, 1.807) is 11.3 Å². The van der Waals surface area contributed by atoms with E-state index in [-0.39, 0.29) is 0 Å². The molecule has 1 N–H and O–H groups in total. The molecule has 98 valence electrons. The molecule has 0 aliphatic heterocycles. The van der Waals surface area contributed by atoms with Gasteiger partial charge < -0.3 is 5.32 Å². The van der Waals surface area contributed by atoms with Gasteiger partial charge in [0.15, 0.2) is 5.69 Å². The second-order valence-electron chi connectivity index (χ2n) is 4.26. The average molecular weight is 281 g/mol. The Morgan fingerprint density at radius 1 is 1.30 bits per heavy atom. The van der Waals surface area contributed by atoms with Crippen LogP contribution < -0.4 is 5.32 Å². The molecule has 6 heteroatoms. The van der Waals surface area contributed by atoms with E-state index in [0.29, 0.717) is 17.9 Å². The van der Waals surface area contributed by atoms with Crippen molar-refractivity contribution in [2.75, 3.05) is 5.32 Å². The number of nitriles is 1. The first-order valence-corrected chi connectivity index (χ1v) is 6.96. The third-order valence-corrected chi connectivity index (χ3v) is 3.71. The Morgan fingerprint density at radius 2 is 2.15 bits per heavy atom. The summed E-state index contributed by atoms with van der Waals surface area (Å²) in [6.07, 6.45) is 0. The lowest BCUT2D eigenvalue weighted by Crippen LogP contribution is -2.05. The normalized spacial score (nSPS) is 10.4. The Hall–Kier alpha value is -2.52. The highest BCUT2D eigenvalue weighted by Gasteiger charge is 2.10. The van der Waals surface area contributed by atoms with Gasteiger partial charge in [-0.3, -0.25) is 0 Å². The molecule has 0 aliphatic carbocycles. The van der Waals surface area contributed by atoms with E-state index < -0.39 is 0 Å². The van der Waals surface area contributed by atoms with Gasteiger partial charge in [-0.2, -0.15) is 5.26 Å². The van der Waals surface area contributed by atoms with Crippen LogP contribution in [0, 0.1) is 18.3 Å². The van der Waals surface area contributed by atoms with Gasteiger partial charge in [-0.05, 0) is 13.0 Å². The predicted octanol–water partition coefficient (Wildman–Crippen LogP) is 2.88. The summed E-state index contributed by atoms with van der Waals surface area (Å²) in [7, 11) is 0. The first-order chi connectivity index (χ1) is 9.78. The Balaban J connectivity index is 1.98. The maximum Gasteiger partial charge on any atom is 0.186 e. The fourth-order valence-electron chi connectivity index (χ4n) is 1.98. The molecule has 0 fully saturated rings. The van der Waals surface area contributed by atoms with E-state index in [1.165, 1.54) is 0 Å². The summed E-state index contributed by atoms with van der Waals surface area (Å²) < 4.78 is 0. The minimum atomic E-state index is 0.302. The van der Waals surface area contributed by atoms with Gasteiger partial charge in [0.1, 0.15) is 6.07 Å². The van der Waals surface area contributed by atoms with E-state index in [1.807, 2.05) is 36.6 Å². The van der Waals surface area contributed by atoms with Crippen molar-refractivity contribution >= 4 is 27.9 Å². The van der Waals surface area contributed by atoms with Gasteiger partial charge in [-0.25, -0.2) is 4.98 Å². The lowest BCUT2D eigenvalue weighted by molar-refractivity contribution is 1.02. The smallest absolute Gasteiger partial charge is 0.186 e. The van der Waals surface area contributed by atoms with E-state index in [2.05, 4.69) is 26.6 Å². The van der Waals surface area contributed by atoms with Crippen molar-refractivity contribution in [3.05, 3.63) is 46.0 Å². The molecule has 20 heavy (non-hydrogen) atoms. The highest BCUT2D eigenvalue weighted by molar-refractivity contribution is 7.09. The molecule has 0 radical (unpaired) electrons. The molecule has 0 amide bonds. The molecular weight excluding hydrogens is 270 g/mol. The number of thiazole rings is 1. The molecule has 0 saturated heterocycles. The molecule has 5 nitrogen and oxygen atoms in total. The molecule has 3 aromatic rings. The highest BCUT2D eigenvalue weighted by Crippen LogP contribution is 2.24. The zero-order valence-corrected chi connectivity index (χ0v) is 11.6. The number of rotatable bonds is 3. The average Bonchev–Trinajstić information content (AvgIpc) is 2.90. The first-order valence-electron chi connectivity index (χ1n) is 6.08. The van der Waals surface area contributed by atoms with Crippen LogP contribution in [-0.2, 0) is 6.54 Å². The van der Waals surface area contributed by atoms with Crippen LogP contribution in [0.5, 0.6) is 0 Å². The zero-order chi connectivity index (χ0) is 13.9. The quantitative estimate of drug-likeness (QED) is 0.799. The Labute approximate surface area is 119 Å². The minimum Gasteiger partial charge on any atom is -0.376 e. The molecule has 0 aliphatic rings. The van der Waals surface area contributed by atoms with Crippen LogP contribution in [0.25, 0.3) is 10.9 Å². The van der Waals surface area contributed by atoms with Gasteiger partial charge in [-0.1, -0.05) is 18.2 Å². The number of hydrogen-bond acceptors (Lipinski definition) is 6. The Kier molecular flexibility index (Phi) is 3.27. The number of fused-ring (bicyclic) bond motifs is 1. The van der Waals surface area contributed by atoms with E-state index in [4.69, 9.17) is 0 Å². The lowest BCUT2D eigenvalue weighted by atomic mass is 10.1. The van der Waals surface area contributed by atoms with Gasteiger partial charge in [0.05, 0.1) is 28.5 Å². The van der Waals surface area contributed by atoms with Crippen LogP contribution in [0.4, 0.5) is 5.69 Å². The minimum absolute atomic E-state index is 0.302. The maximum absolute atomic E-state index is 9.17. The summed E-state index contributed by atoms with van der Waals surface area (Å²) in [5.74, 6) is 0. The van der Waals surface area contributed by atoms with Crippen LogP contribution in [0.3, 0.4) is 0 Å². The molecule has 2 aromatic heterocycles. The van der Waals surface area contributed by atoms with E-state index >= 15 is 0 Å². The van der Waals surface area contributed by atoms with Gasteiger partial charge in [0.2, 0.25) is 0 Å². The number of nitrogens with one attached hydrogen (secondary N) is 1. The number of aryl methyl sites for hydroxylation is 1. The third-order valence-electron chi connectivity index (χ3n) is 2.89. The molecule has 0 bridgehead atoms. The maximum atomic E-state index is 9.17. The molecule has 3 rings (SSSR count). The summed E-state index contributed by atoms with van der Waals surface area (Å²) in [6.45, 7) is 2.53. The molecule has 0 saturated carbocycles. The van der Waals surface area contributed by atoms with Gasteiger partial charge in [-0.15, -0.1) is 21.5 Å². The fraction of sp³-hybridized carbons (Fsp3) is 0.143. The number of aromatic nitrogens is 3. The van der Waals surface area contributed by atoms with Crippen molar-refractivity contribution in [3.63, 3.8) is 0 Å². The molecule has 2 heterocycles. The SMILES string of the molecule is Cc1nc(CNc2c(C#N)nnc3ccccc23)cs1. The van der Waals surface area contributed by atoms with Gasteiger partial charge in [0, 0.05) is 10.8 Å². The van der Waals surface area contributed by atoms with Crippen LogP contribution in [0.2, 0.25) is 0 Å². The number of nitrogens with zero attached hydrogens (tertiary/aromatic N) is 4. The van der Waals surface area contributed by atoms with Crippen molar-refractivity contribution in [2.45, 2.75) is 13.5 Å². The summed E-state index contributed by atoms with van der Waals surface area (Å²) in [5.41, 5.74) is 2.74. The monoisotopic (exact) mass is 281 g/mol. The molecule has 0 atom stereocenters. The molecule has 0 spiro atoms. The van der Waals surface area contributed by atoms with Crippen LogP contribution in [0.1, 0.15) is 16.4 Å². The van der Waals surface area contributed by atoms with Crippen molar-refractivity contribution < 1.29 is 0 Å². The largest absolute Gasteiger partial charge is 0.376 e. The molecule has 0 unspecified atom stereocenters. The number of benzene rings is 1. The highest BCUT2D eigenvalue weighted by atomic mass is 32.1. The van der Waals surface area contributed by atoms with Crippen LogP contribution in [-0.4, -0.2) is 15.2 Å². The predicted molar refractivity (Wildman–Crippen MR) is 78.4 cm³/mol. The summed E-state index contributed by atoms with van der Waals surface area (Å²) in [6, 6.07) is 9.70. The van der Waals surface area contributed by atoms with Gasteiger partial charge >= 0.3 is 0 Å². The second kappa shape index (κ2) is 5.23. The second-order valence-corrected chi connectivity index (χ2v) is 5.33. The zero-order valence-electron chi connectivity index (χ0n) is 10.8. The van der Waals surface area contributed by atoms with E-state index in [9.17, 15) is 5.26 Å². The van der Waals surface area contributed by atoms with Crippen molar-refractivity contribution in [3.8, 4) is 6.07 Å². The lowest BCUT2D eigenvalue weighted by Gasteiger charge is -2.08. The number of anilines is 1. The Morgan fingerprint density at radius 3 is 2.90 bits per heavy atom. The summed E-state index contributed by atoms with van der Waals surface area (Å²) in [5, 5.41) is 24.4. The van der Waals surface area contributed by atoms with Crippen molar-refractivity contribution in [1.29, 1.82) is 5.26 Å². The van der Waals surface area contributed by atoms with Crippen LogP contribution in [0.15, 0.2) is 29.6 Å². The first kappa shape index (κ1) is 12.5.